The Hall–Kier alpha value is -1.49. The van der Waals surface area contributed by atoms with E-state index in [2.05, 4.69) is 37.8 Å². The molecule has 0 amide bonds. The second-order valence-electron chi connectivity index (χ2n) is 6.87. The Morgan fingerprint density at radius 2 is 1.48 bits per heavy atom. The molecule has 0 atom stereocenters. The zero-order valence-electron chi connectivity index (χ0n) is 14.1. The van der Waals surface area contributed by atoms with Crippen LogP contribution in [0.25, 0.3) is 0 Å². The largest absolute Gasteiger partial charge is 0.373 e. The first-order chi connectivity index (χ1) is 11.4. The summed E-state index contributed by atoms with van der Waals surface area (Å²) in [5.74, 6) is 1.39. The van der Waals surface area contributed by atoms with Gasteiger partial charge in [-0.25, -0.2) is 5.01 Å². The molecule has 5 nitrogen and oxygen atoms in total. The summed E-state index contributed by atoms with van der Waals surface area (Å²) in [6.45, 7) is 8.42. The molecule has 3 saturated heterocycles. The lowest BCUT2D eigenvalue weighted by Gasteiger charge is -2.33. The minimum Gasteiger partial charge on any atom is -0.373 e. The summed E-state index contributed by atoms with van der Waals surface area (Å²) in [5, 5.41) is 2.54. The smallest absolute Gasteiger partial charge is 0.324 e. The van der Waals surface area contributed by atoms with E-state index < -0.39 is 0 Å². The van der Waals surface area contributed by atoms with E-state index in [0.717, 1.165) is 26.3 Å². The van der Waals surface area contributed by atoms with Gasteiger partial charge in [-0.3, -0.25) is 4.90 Å². The average Bonchev–Trinajstić information content (AvgIpc) is 3.17. The Morgan fingerprint density at radius 3 is 2.22 bits per heavy atom. The lowest BCUT2D eigenvalue weighted by molar-refractivity contribution is -0.682. The van der Waals surface area contributed by atoms with Gasteiger partial charge in [-0.15, -0.1) is 4.68 Å². The zero-order chi connectivity index (χ0) is 15.5. The number of aromatic nitrogens is 1. The van der Waals surface area contributed by atoms with Crippen LogP contribution >= 0.6 is 0 Å². The van der Waals surface area contributed by atoms with Crippen molar-refractivity contribution in [1.29, 1.82) is 0 Å². The van der Waals surface area contributed by atoms with Crippen molar-refractivity contribution in [3.05, 3.63) is 18.3 Å². The summed E-state index contributed by atoms with van der Waals surface area (Å²) in [6.07, 6.45) is 8.89. The molecule has 0 unspecified atom stereocenters. The second-order valence-corrected chi connectivity index (χ2v) is 6.87. The molecule has 3 aliphatic heterocycles. The number of anilines is 2. The Labute approximate surface area is 139 Å². The van der Waals surface area contributed by atoms with E-state index in [9.17, 15) is 0 Å². The van der Waals surface area contributed by atoms with Crippen LogP contribution in [0.4, 0.5) is 11.5 Å². The molecule has 1 aromatic heterocycles. The lowest BCUT2D eigenvalue weighted by atomic mass is 10.2. The summed E-state index contributed by atoms with van der Waals surface area (Å²) in [5.41, 5.74) is 1.41. The predicted octanol–water partition coefficient (Wildman–Crippen LogP) is 1.53. The summed E-state index contributed by atoms with van der Waals surface area (Å²) < 4.78 is 8.04. The van der Waals surface area contributed by atoms with E-state index in [4.69, 9.17) is 4.74 Å². The van der Waals surface area contributed by atoms with Crippen molar-refractivity contribution in [3.8, 4) is 0 Å². The van der Waals surface area contributed by atoms with E-state index in [-0.39, 0.29) is 0 Å². The molecule has 3 aliphatic rings. The standard InChI is InChI=1S/C18H29N4O/c1-2-10-21(11-3-1)22-12-6-7-17(19-8-4-5-9-19)18(22)20-13-15-23-16-14-20/h6-7,12H,1-5,8-11,13-16H2/q+1. The van der Waals surface area contributed by atoms with Crippen LogP contribution in [0.5, 0.6) is 0 Å². The molecule has 4 heterocycles. The van der Waals surface area contributed by atoms with Gasteiger partial charge in [0.2, 0.25) is 0 Å². The third kappa shape index (κ3) is 3.11. The molecule has 0 aliphatic carbocycles. The fourth-order valence-electron chi connectivity index (χ4n) is 4.09. The van der Waals surface area contributed by atoms with Crippen molar-refractivity contribution in [1.82, 2.24) is 0 Å². The van der Waals surface area contributed by atoms with Crippen molar-refractivity contribution in [2.24, 2.45) is 0 Å². The van der Waals surface area contributed by atoms with Crippen LogP contribution in [0, 0.1) is 0 Å². The van der Waals surface area contributed by atoms with Gasteiger partial charge in [-0.05, 0) is 44.2 Å². The molecule has 1 aromatic rings. The molecule has 23 heavy (non-hydrogen) atoms. The molecule has 0 radical (unpaired) electrons. The van der Waals surface area contributed by atoms with Gasteiger partial charge in [-0.1, -0.05) is 0 Å². The minimum atomic E-state index is 0.842. The van der Waals surface area contributed by atoms with Crippen LogP contribution in [-0.4, -0.2) is 52.5 Å². The monoisotopic (exact) mass is 317 g/mol. The Morgan fingerprint density at radius 1 is 0.783 bits per heavy atom. The lowest BCUT2D eigenvalue weighted by Crippen LogP contribution is -2.63. The number of nitrogens with zero attached hydrogens (tertiary/aromatic N) is 4. The number of rotatable bonds is 3. The van der Waals surface area contributed by atoms with Crippen LogP contribution in [0.1, 0.15) is 32.1 Å². The van der Waals surface area contributed by atoms with E-state index in [1.54, 1.807) is 0 Å². The van der Waals surface area contributed by atoms with Gasteiger partial charge in [0.15, 0.2) is 0 Å². The Balaban J connectivity index is 1.72. The average molecular weight is 317 g/mol. The van der Waals surface area contributed by atoms with Crippen LogP contribution in [0.3, 0.4) is 0 Å². The highest BCUT2D eigenvalue weighted by Crippen LogP contribution is 2.29. The zero-order valence-corrected chi connectivity index (χ0v) is 14.1. The highest BCUT2D eigenvalue weighted by atomic mass is 16.5. The molecule has 0 saturated carbocycles. The fourth-order valence-corrected chi connectivity index (χ4v) is 4.09. The second kappa shape index (κ2) is 6.95. The van der Waals surface area contributed by atoms with Crippen molar-refractivity contribution in [2.75, 3.05) is 67.3 Å². The molecule has 3 fully saturated rings. The molecule has 4 rings (SSSR count). The fraction of sp³-hybridized carbons (Fsp3) is 0.722. The normalized spacial score (nSPS) is 22.7. The maximum absolute atomic E-state index is 5.59. The topological polar surface area (TPSA) is 22.8 Å². The number of morpholine rings is 1. The van der Waals surface area contributed by atoms with Crippen LogP contribution in [0.15, 0.2) is 18.3 Å². The third-order valence-electron chi connectivity index (χ3n) is 5.32. The Bertz CT molecular complexity index is 518. The quantitative estimate of drug-likeness (QED) is 0.789. The van der Waals surface area contributed by atoms with Gasteiger partial charge in [0.05, 0.1) is 26.3 Å². The van der Waals surface area contributed by atoms with Crippen LogP contribution in [-0.2, 0) is 4.74 Å². The molecule has 0 aromatic carbocycles. The first-order valence-corrected chi connectivity index (χ1v) is 9.31. The molecular weight excluding hydrogens is 288 g/mol. The summed E-state index contributed by atoms with van der Waals surface area (Å²) in [7, 11) is 0. The highest BCUT2D eigenvalue weighted by molar-refractivity contribution is 5.64. The van der Waals surface area contributed by atoms with Crippen molar-refractivity contribution in [2.45, 2.75) is 32.1 Å². The maximum Gasteiger partial charge on any atom is 0.324 e. The van der Waals surface area contributed by atoms with Crippen molar-refractivity contribution >= 4 is 11.5 Å². The number of piperidine rings is 1. The summed E-state index contributed by atoms with van der Waals surface area (Å²) >= 11 is 0. The first kappa shape index (κ1) is 15.1. The van der Waals surface area contributed by atoms with Gasteiger partial charge in [0.1, 0.15) is 25.0 Å². The predicted molar refractivity (Wildman–Crippen MR) is 92.9 cm³/mol. The van der Waals surface area contributed by atoms with Gasteiger partial charge < -0.3 is 9.64 Å². The maximum atomic E-state index is 5.59. The summed E-state index contributed by atoms with van der Waals surface area (Å²) in [4.78, 5) is 5.11. The number of hydrogen-bond acceptors (Lipinski definition) is 4. The number of pyridine rings is 1. The van der Waals surface area contributed by atoms with Gasteiger partial charge in [0.25, 0.3) is 0 Å². The summed E-state index contributed by atoms with van der Waals surface area (Å²) in [6, 6.07) is 4.54. The van der Waals surface area contributed by atoms with E-state index in [0.29, 0.717) is 0 Å². The number of hydrogen-bond donors (Lipinski definition) is 0. The van der Waals surface area contributed by atoms with Crippen LogP contribution in [0.2, 0.25) is 0 Å². The SMILES string of the molecule is c1cc(N2CCCC2)c(N2CCOCC2)[n+](N2CCCCC2)c1. The van der Waals surface area contributed by atoms with Crippen LogP contribution < -0.4 is 19.5 Å². The van der Waals surface area contributed by atoms with Gasteiger partial charge in [-0.2, -0.15) is 0 Å². The van der Waals surface area contributed by atoms with E-state index in [1.807, 2.05) is 0 Å². The molecule has 0 bridgehead atoms. The van der Waals surface area contributed by atoms with E-state index >= 15 is 0 Å². The molecule has 0 N–H and O–H groups in total. The molecular formula is C18H29N4O+. The molecule has 5 heteroatoms. The minimum absolute atomic E-state index is 0.842. The van der Waals surface area contributed by atoms with E-state index in [1.165, 1.54) is 69.8 Å². The first-order valence-electron chi connectivity index (χ1n) is 9.31. The Kier molecular flexibility index (Phi) is 4.55. The van der Waals surface area contributed by atoms with Crippen molar-refractivity contribution < 1.29 is 9.41 Å². The third-order valence-corrected chi connectivity index (χ3v) is 5.32. The molecule has 126 valence electrons. The van der Waals surface area contributed by atoms with Gasteiger partial charge >= 0.3 is 5.82 Å². The highest BCUT2D eigenvalue weighted by Gasteiger charge is 2.32. The van der Waals surface area contributed by atoms with Crippen molar-refractivity contribution in [3.63, 3.8) is 0 Å². The number of ether oxygens (including phenoxy) is 1. The molecule has 0 spiro atoms. The van der Waals surface area contributed by atoms with Gasteiger partial charge in [0, 0.05) is 13.1 Å².